The highest BCUT2D eigenvalue weighted by Crippen LogP contribution is 2.19. The number of methoxy groups -OCH3 is 1. The predicted molar refractivity (Wildman–Crippen MR) is 74.1 cm³/mol. The molecule has 1 unspecified atom stereocenters. The van der Waals surface area contributed by atoms with Crippen LogP contribution in [0.15, 0.2) is 30.5 Å². The molecule has 0 amide bonds. The Labute approximate surface area is 113 Å². The highest BCUT2D eigenvalue weighted by molar-refractivity contribution is 5.27. The lowest BCUT2D eigenvalue weighted by Gasteiger charge is -2.15. The molecule has 0 bridgehead atoms. The predicted octanol–water partition coefficient (Wildman–Crippen LogP) is 1.72. The SMILES string of the molecule is CNC(CCc1ccc(OC)cc1)c1cnnn1C. The molecular formula is C14H20N4O. The summed E-state index contributed by atoms with van der Waals surface area (Å²) in [4.78, 5) is 0. The van der Waals surface area contributed by atoms with Crippen LogP contribution in [0.4, 0.5) is 0 Å². The smallest absolute Gasteiger partial charge is 0.118 e. The maximum atomic E-state index is 5.16. The zero-order valence-corrected chi connectivity index (χ0v) is 11.6. The van der Waals surface area contributed by atoms with E-state index in [1.807, 2.05) is 37.1 Å². The Morgan fingerprint density at radius 1 is 1.32 bits per heavy atom. The third-order valence-corrected chi connectivity index (χ3v) is 3.34. The highest BCUT2D eigenvalue weighted by Gasteiger charge is 2.13. The molecule has 0 saturated heterocycles. The van der Waals surface area contributed by atoms with Crippen LogP contribution in [-0.4, -0.2) is 29.2 Å². The highest BCUT2D eigenvalue weighted by atomic mass is 16.5. The van der Waals surface area contributed by atoms with E-state index in [1.54, 1.807) is 7.11 Å². The number of aryl methyl sites for hydroxylation is 2. The van der Waals surface area contributed by atoms with Gasteiger partial charge < -0.3 is 10.1 Å². The maximum absolute atomic E-state index is 5.16. The van der Waals surface area contributed by atoms with Crippen molar-refractivity contribution in [1.29, 1.82) is 0 Å². The molecule has 0 aliphatic rings. The molecule has 1 aromatic carbocycles. The molecule has 1 N–H and O–H groups in total. The van der Waals surface area contributed by atoms with Gasteiger partial charge in [0, 0.05) is 7.05 Å². The minimum Gasteiger partial charge on any atom is -0.497 e. The van der Waals surface area contributed by atoms with Gasteiger partial charge in [0.05, 0.1) is 25.0 Å². The first-order valence-electron chi connectivity index (χ1n) is 6.39. The molecule has 0 aliphatic heterocycles. The van der Waals surface area contributed by atoms with Gasteiger partial charge in [-0.05, 0) is 37.6 Å². The summed E-state index contributed by atoms with van der Waals surface area (Å²) < 4.78 is 6.97. The molecule has 0 spiro atoms. The first-order chi connectivity index (χ1) is 9.24. The van der Waals surface area contributed by atoms with Gasteiger partial charge in [0.2, 0.25) is 0 Å². The number of hydrogen-bond donors (Lipinski definition) is 1. The van der Waals surface area contributed by atoms with Crippen LogP contribution >= 0.6 is 0 Å². The molecule has 5 heteroatoms. The summed E-state index contributed by atoms with van der Waals surface area (Å²) in [6.45, 7) is 0. The molecule has 1 atom stereocenters. The Balaban J connectivity index is 1.98. The Hall–Kier alpha value is -1.88. The van der Waals surface area contributed by atoms with Crippen molar-refractivity contribution in [3.05, 3.63) is 41.7 Å². The minimum absolute atomic E-state index is 0.266. The van der Waals surface area contributed by atoms with Crippen LogP contribution in [0.2, 0.25) is 0 Å². The molecule has 0 aliphatic carbocycles. The van der Waals surface area contributed by atoms with Gasteiger partial charge in [0.1, 0.15) is 5.75 Å². The number of hydrogen-bond acceptors (Lipinski definition) is 4. The third kappa shape index (κ3) is 3.32. The van der Waals surface area contributed by atoms with E-state index in [4.69, 9.17) is 4.74 Å². The van der Waals surface area contributed by atoms with Crippen molar-refractivity contribution in [2.75, 3.05) is 14.2 Å². The van der Waals surface area contributed by atoms with E-state index in [0.717, 1.165) is 24.3 Å². The lowest BCUT2D eigenvalue weighted by Crippen LogP contribution is -2.20. The van der Waals surface area contributed by atoms with Gasteiger partial charge in [-0.2, -0.15) is 0 Å². The zero-order chi connectivity index (χ0) is 13.7. The fourth-order valence-electron chi connectivity index (χ4n) is 2.16. The molecule has 0 fully saturated rings. The summed E-state index contributed by atoms with van der Waals surface area (Å²) in [6, 6.07) is 8.47. The van der Waals surface area contributed by atoms with Gasteiger partial charge in [-0.1, -0.05) is 17.3 Å². The molecule has 2 rings (SSSR count). The second-order valence-electron chi connectivity index (χ2n) is 4.51. The first-order valence-corrected chi connectivity index (χ1v) is 6.39. The first kappa shape index (κ1) is 13.5. The van der Waals surface area contributed by atoms with Gasteiger partial charge in [0.25, 0.3) is 0 Å². The van der Waals surface area contributed by atoms with Crippen LogP contribution in [0.1, 0.15) is 23.7 Å². The summed E-state index contributed by atoms with van der Waals surface area (Å²) in [5.41, 5.74) is 2.41. The van der Waals surface area contributed by atoms with Crippen molar-refractivity contribution < 1.29 is 4.74 Å². The van der Waals surface area contributed by atoms with E-state index in [2.05, 4.69) is 27.8 Å². The number of nitrogens with one attached hydrogen (secondary N) is 1. The average Bonchev–Trinajstić information content (AvgIpc) is 2.87. The summed E-state index contributed by atoms with van der Waals surface area (Å²) >= 11 is 0. The van der Waals surface area contributed by atoms with Gasteiger partial charge in [-0.25, -0.2) is 0 Å². The van der Waals surface area contributed by atoms with Crippen molar-refractivity contribution in [3.8, 4) is 5.75 Å². The van der Waals surface area contributed by atoms with Crippen LogP contribution < -0.4 is 10.1 Å². The Kier molecular flexibility index (Phi) is 4.52. The number of ether oxygens (including phenoxy) is 1. The fourth-order valence-corrected chi connectivity index (χ4v) is 2.16. The molecular weight excluding hydrogens is 240 g/mol. The van der Waals surface area contributed by atoms with Crippen LogP contribution in [0.5, 0.6) is 5.75 Å². The van der Waals surface area contributed by atoms with Gasteiger partial charge in [-0.3, -0.25) is 4.68 Å². The Bertz CT molecular complexity index is 506. The van der Waals surface area contributed by atoms with E-state index in [0.29, 0.717) is 0 Å². The van der Waals surface area contributed by atoms with E-state index < -0.39 is 0 Å². The summed E-state index contributed by atoms with van der Waals surface area (Å²) in [5.74, 6) is 0.893. The Morgan fingerprint density at radius 3 is 2.58 bits per heavy atom. The minimum atomic E-state index is 0.266. The second-order valence-corrected chi connectivity index (χ2v) is 4.51. The molecule has 2 aromatic rings. The molecule has 19 heavy (non-hydrogen) atoms. The monoisotopic (exact) mass is 260 g/mol. The van der Waals surface area contributed by atoms with Crippen LogP contribution in [0, 0.1) is 0 Å². The van der Waals surface area contributed by atoms with E-state index in [1.165, 1.54) is 5.56 Å². The standard InChI is InChI=1S/C14H20N4O/c1-15-13(14-10-16-17-18(14)2)9-6-11-4-7-12(19-3)8-5-11/h4-5,7-8,10,13,15H,6,9H2,1-3H3. The number of nitrogens with zero attached hydrogens (tertiary/aromatic N) is 3. The molecule has 1 aromatic heterocycles. The van der Waals surface area contributed by atoms with Crippen molar-refractivity contribution >= 4 is 0 Å². The third-order valence-electron chi connectivity index (χ3n) is 3.34. The van der Waals surface area contributed by atoms with E-state index >= 15 is 0 Å². The molecule has 1 heterocycles. The van der Waals surface area contributed by atoms with Crippen LogP contribution in [0.3, 0.4) is 0 Å². The summed E-state index contributed by atoms with van der Waals surface area (Å²) in [6.07, 6.45) is 3.82. The molecule has 0 saturated carbocycles. The van der Waals surface area contributed by atoms with Crippen molar-refractivity contribution in [2.45, 2.75) is 18.9 Å². The van der Waals surface area contributed by atoms with E-state index in [-0.39, 0.29) is 6.04 Å². The fraction of sp³-hybridized carbons (Fsp3) is 0.429. The second kappa shape index (κ2) is 6.33. The summed E-state index contributed by atoms with van der Waals surface area (Å²) in [7, 11) is 5.56. The number of aromatic nitrogens is 3. The largest absolute Gasteiger partial charge is 0.497 e. The quantitative estimate of drug-likeness (QED) is 0.859. The van der Waals surface area contributed by atoms with E-state index in [9.17, 15) is 0 Å². The van der Waals surface area contributed by atoms with Crippen LogP contribution in [0.25, 0.3) is 0 Å². The van der Waals surface area contributed by atoms with Gasteiger partial charge >= 0.3 is 0 Å². The summed E-state index contributed by atoms with van der Waals surface area (Å²) in [5, 5.41) is 11.2. The number of benzene rings is 1. The van der Waals surface area contributed by atoms with Crippen LogP contribution in [-0.2, 0) is 13.5 Å². The molecule has 0 radical (unpaired) electrons. The van der Waals surface area contributed by atoms with Crippen molar-refractivity contribution in [3.63, 3.8) is 0 Å². The maximum Gasteiger partial charge on any atom is 0.118 e. The topological polar surface area (TPSA) is 52.0 Å². The Morgan fingerprint density at radius 2 is 2.05 bits per heavy atom. The number of rotatable bonds is 6. The zero-order valence-electron chi connectivity index (χ0n) is 11.6. The van der Waals surface area contributed by atoms with Crippen molar-refractivity contribution in [1.82, 2.24) is 20.3 Å². The van der Waals surface area contributed by atoms with Crippen molar-refractivity contribution in [2.24, 2.45) is 7.05 Å². The molecule has 102 valence electrons. The average molecular weight is 260 g/mol. The normalized spacial score (nSPS) is 12.4. The lowest BCUT2D eigenvalue weighted by molar-refractivity contribution is 0.414. The molecule has 5 nitrogen and oxygen atoms in total. The van der Waals surface area contributed by atoms with Gasteiger partial charge in [-0.15, -0.1) is 5.10 Å². The van der Waals surface area contributed by atoms with Gasteiger partial charge in [0.15, 0.2) is 0 Å². The lowest BCUT2D eigenvalue weighted by atomic mass is 10.0.